The van der Waals surface area contributed by atoms with Gasteiger partial charge in [-0.2, -0.15) is 0 Å². The van der Waals surface area contributed by atoms with Crippen LogP contribution < -0.4 is 10.6 Å². The Morgan fingerprint density at radius 1 is 1.42 bits per heavy atom. The molecule has 1 fully saturated rings. The molecule has 6 heteroatoms. The van der Waals surface area contributed by atoms with Crippen LogP contribution in [0.5, 0.6) is 0 Å². The minimum atomic E-state index is -1.05. The number of hydrogen-bond donors (Lipinski definition) is 2. The summed E-state index contributed by atoms with van der Waals surface area (Å²) in [4.78, 5) is 11.5. The monoisotopic (exact) mass is 288 g/mol. The lowest BCUT2D eigenvalue weighted by Crippen LogP contribution is -2.50. The lowest BCUT2D eigenvalue weighted by molar-refractivity contribution is 0.122. The predicted molar refractivity (Wildman–Crippen MR) is 73.2 cm³/mol. The molecular weight excluding hydrogens is 271 g/mol. The molecule has 0 radical (unpaired) electrons. The molecule has 19 heavy (non-hydrogen) atoms. The molecule has 1 aromatic rings. The lowest BCUT2D eigenvalue weighted by Gasteiger charge is -2.27. The standard InChI is InChI=1S/C13H17FN2O2.ClH/c14-11-8-15-7-6-12(11)16-13(17)18-9-10-4-2-1-3-5-10;/h1-5,11-12,15H,6-9H2,(H,16,17);1H/t11-,12+;/m1./s1. The lowest BCUT2D eigenvalue weighted by atomic mass is 10.1. The number of halogens is 2. The van der Waals surface area contributed by atoms with Gasteiger partial charge in [-0.05, 0) is 18.5 Å². The second-order valence-corrected chi connectivity index (χ2v) is 4.32. The van der Waals surface area contributed by atoms with Gasteiger partial charge in [0.25, 0.3) is 0 Å². The van der Waals surface area contributed by atoms with Crippen LogP contribution in [0.25, 0.3) is 0 Å². The molecule has 1 amide bonds. The van der Waals surface area contributed by atoms with Gasteiger partial charge >= 0.3 is 6.09 Å². The van der Waals surface area contributed by atoms with Crippen LogP contribution in [0.4, 0.5) is 9.18 Å². The summed E-state index contributed by atoms with van der Waals surface area (Å²) in [6, 6.07) is 8.94. The van der Waals surface area contributed by atoms with E-state index >= 15 is 0 Å². The van der Waals surface area contributed by atoms with E-state index in [4.69, 9.17) is 4.74 Å². The Kier molecular flexibility index (Phi) is 6.59. The highest BCUT2D eigenvalue weighted by molar-refractivity contribution is 5.85. The largest absolute Gasteiger partial charge is 0.445 e. The summed E-state index contributed by atoms with van der Waals surface area (Å²) in [6.07, 6.45) is -1.03. The van der Waals surface area contributed by atoms with Crippen molar-refractivity contribution in [3.8, 4) is 0 Å². The van der Waals surface area contributed by atoms with Crippen molar-refractivity contribution >= 4 is 18.5 Å². The summed E-state index contributed by atoms with van der Waals surface area (Å²) in [5, 5.41) is 5.49. The van der Waals surface area contributed by atoms with E-state index in [-0.39, 0.29) is 25.6 Å². The van der Waals surface area contributed by atoms with Gasteiger partial charge in [0.2, 0.25) is 0 Å². The molecule has 0 aromatic heterocycles. The maximum atomic E-state index is 13.4. The van der Waals surface area contributed by atoms with Crippen molar-refractivity contribution in [2.45, 2.75) is 25.2 Å². The third-order valence-electron chi connectivity index (χ3n) is 2.92. The second-order valence-electron chi connectivity index (χ2n) is 4.32. The number of rotatable bonds is 3. The van der Waals surface area contributed by atoms with Crippen LogP contribution in [0, 0.1) is 0 Å². The Labute approximate surface area is 118 Å². The van der Waals surface area contributed by atoms with Crippen molar-refractivity contribution in [3.05, 3.63) is 35.9 Å². The van der Waals surface area contributed by atoms with E-state index in [9.17, 15) is 9.18 Å². The highest BCUT2D eigenvalue weighted by atomic mass is 35.5. The van der Waals surface area contributed by atoms with Gasteiger partial charge in [0.1, 0.15) is 12.8 Å². The molecule has 1 aliphatic rings. The van der Waals surface area contributed by atoms with Gasteiger partial charge in [0.15, 0.2) is 0 Å². The Hall–Kier alpha value is -1.33. The van der Waals surface area contributed by atoms with Gasteiger partial charge in [-0.15, -0.1) is 12.4 Å². The summed E-state index contributed by atoms with van der Waals surface area (Å²) >= 11 is 0. The van der Waals surface area contributed by atoms with E-state index in [1.54, 1.807) is 0 Å². The summed E-state index contributed by atoms with van der Waals surface area (Å²) in [7, 11) is 0. The molecule has 1 saturated heterocycles. The highest BCUT2D eigenvalue weighted by Gasteiger charge is 2.26. The zero-order chi connectivity index (χ0) is 12.8. The molecule has 0 bridgehead atoms. The number of piperidine rings is 1. The topological polar surface area (TPSA) is 50.4 Å². The number of carbonyl (C=O) groups excluding carboxylic acids is 1. The van der Waals surface area contributed by atoms with Crippen molar-refractivity contribution in [3.63, 3.8) is 0 Å². The van der Waals surface area contributed by atoms with Gasteiger partial charge < -0.3 is 15.4 Å². The van der Waals surface area contributed by atoms with E-state index in [0.717, 1.165) is 5.56 Å². The summed E-state index contributed by atoms with van der Waals surface area (Å²) in [5.74, 6) is 0. The van der Waals surface area contributed by atoms with E-state index in [1.807, 2.05) is 30.3 Å². The van der Waals surface area contributed by atoms with E-state index in [2.05, 4.69) is 10.6 Å². The molecule has 2 atom stereocenters. The minimum absolute atomic E-state index is 0. The SMILES string of the molecule is Cl.O=C(N[C@H]1CCNC[C@H]1F)OCc1ccccc1. The second kappa shape index (κ2) is 7.96. The molecule has 2 rings (SSSR count). The number of hydrogen-bond acceptors (Lipinski definition) is 3. The van der Waals surface area contributed by atoms with Crippen LogP contribution in [-0.2, 0) is 11.3 Å². The zero-order valence-electron chi connectivity index (χ0n) is 10.5. The molecule has 1 heterocycles. The number of alkyl carbamates (subject to hydrolysis) is 1. The molecule has 1 aromatic carbocycles. The number of ether oxygens (including phenoxy) is 1. The average Bonchev–Trinajstić information content (AvgIpc) is 2.40. The molecule has 0 spiro atoms. The van der Waals surface area contributed by atoms with Gasteiger partial charge in [0.05, 0.1) is 6.04 Å². The van der Waals surface area contributed by atoms with Crippen molar-refractivity contribution in [2.24, 2.45) is 0 Å². The van der Waals surface area contributed by atoms with E-state index in [0.29, 0.717) is 13.0 Å². The molecule has 2 N–H and O–H groups in total. The van der Waals surface area contributed by atoms with Crippen LogP contribution in [0.3, 0.4) is 0 Å². The molecule has 4 nitrogen and oxygen atoms in total. The maximum Gasteiger partial charge on any atom is 0.407 e. The fraction of sp³-hybridized carbons (Fsp3) is 0.462. The quantitative estimate of drug-likeness (QED) is 0.895. The molecule has 0 aliphatic carbocycles. The smallest absolute Gasteiger partial charge is 0.407 e. The highest BCUT2D eigenvalue weighted by Crippen LogP contribution is 2.08. The molecular formula is C13H18ClFN2O2. The Morgan fingerprint density at radius 3 is 2.84 bits per heavy atom. The third kappa shape index (κ3) is 5.04. The number of nitrogens with one attached hydrogen (secondary N) is 2. The number of alkyl halides is 1. The van der Waals surface area contributed by atoms with Crippen molar-refractivity contribution < 1.29 is 13.9 Å². The Bertz CT molecular complexity index is 391. The third-order valence-corrected chi connectivity index (χ3v) is 2.92. The summed E-state index contributed by atoms with van der Waals surface area (Å²) < 4.78 is 18.5. The number of amides is 1. The van der Waals surface area contributed by atoms with Gasteiger partial charge in [0, 0.05) is 6.54 Å². The number of benzene rings is 1. The Morgan fingerprint density at radius 2 is 2.16 bits per heavy atom. The maximum absolute atomic E-state index is 13.4. The Balaban J connectivity index is 0.00000180. The summed E-state index contributed by atoms with van der Waals surface area (Å²) in [6.45, 7) is 1.20. The van der Waals surface area contributed by atoms with Crippen molar-refractivity contribution in [1.82, 2.24) is 10.6 Å². The van der Waals surface area contributed by atoms with Crippen LogP contribution in [0.1, 0.15) is 12.0 Å². The van der Waals surface area contributed by atoms with E-state index < -0.39 is 18.3 Å². The summed E-state index contributed by atoms with van der Waals surface area (Å²) in [5.41, 5.74) is 0.912. The predicted octanol–water partition coefficient (Wildman–Crippen LogP) is 2.03. The first kappa shape index (κ1) is 15.7. The van der Waals surface area contributed by atoms with Crippen molar-refractivity contribution in [1.29, 1.82) is 0 Å². The van der Waals surface area contributed by atoms with Crippen LogP contribution in [0.15, 0.2) is 30.3 Å². The fourth-order valence-corrected chi connectivity index (χ4v) is 1.90. The first-order valence-corrected chi connectivity index (χ1v) is 6.07. The fourth-order valence-electron chi connectivity index (χ4n) is 1.90. The van der Waals surface area contributed by atoms with Gasteiger partial charge in [-0.1, -0.05) is 30.3 Å². The normalized spacial score (nSPS) is 22.2. The number of carbonyl (C=O) groups is 1. The van der Waals surface area contributed by atoms with Crippen LogP contribution >= 0.6 is 12.4 Å². The molecule has 1 aliphatic heterocycles. The molecule has 0 saturated carbocycles. The van der Waals surface area contributed by atoms with E-state index in [1.165, 1.54) is 0 Å². The molecule has 106 valence electrons. The molecule has 0 unspecified atom stereocenters. The van der Waals surface area contributed by atoms with Gasteiger partial charge in [-0.25, -0.2) is 9.18 Å². The van der Waals surface area contributed by atoms with Crippen LogP contribution in [0.2, 0.25) is 0 Å². The average molecular weight is 289 g/mol. The van der Waals surface area contributed by atoms with Crippen molar-refractivity contribution in [2.75, 3.05) is 13.1 Å². The van der Waals surface area contributed by atoms with Gasteiger partial charge in [-0.3, -0.25) is 0 Å². The van der Waals surface area contributed by atoms with Crippen LogP contribution in [-0.4, -0.2) is 31.4 Å². The minimum Gasteiger partial charge on any atom is -0.445 e. The zero-order valence-corrected chi connectivity index (χ0v) is 11.3. The first-order valence-electron chi connectivity index (χ1n) is 6.07. The first-order chi connectivity index (χ1) is 8.75.